The van der Waals surface area contributed by atoms with E-state index >= 15 is 0 Å². The molecule has 2 aromatic carbocycles. The van der Waals surface area contributed by atoms with Gasteiger partial charge in [-0.2, -0.15) is 0 Å². The number of carbonyl (C=O) groups is 1. The lowest BCUT2D eigenvalue weighted by molar-refractivity contribution is -0.122. The normalized spacial score (nSPS) is 11.4. The summed E-state index contributed by atoms with van der Waals surface area (Å²) in [4.78, 5) is 12.2. The van der Waals surface area contributed by atoms with Gasteiger partial charge in [0.05, 0.1) is 5.02 Å². The first-order valence-corrected chi connectivity index (χ1v) is 7.53. The van der Waals surface area contributed by atoms with Gasteiger partial charge >= 0.3 is 0 Å². The molecule has 4 nitrogen and oxygen atoms in total. The van der Waals surface area contributed by atoms with Crippen LogP contribution >= 0.6 is 11.6 Å². The third-order valence-corrected chi connectivity index (χ3v) is 3.29. The number of para-hydroxylation sites is 1. The molecule has 0 radical (unpaired) electrons. The van der Waals surface area contributed by atoms with Gasteiger partial charge in [-0.05, 0) is 31.2 Å². The van der Waals surface area contributed by atoms with E-state index in [0.717, 1.165) is 0 Å². The standard InChI is InChI=1S/C18H18ClNO3/c1-3-11-22-15-8-6-7-14(12-15)20-18(21)13(2)23-17-10-5-4-9-16(17)19/h3-10,12-13H,1,11H2,2H3,(H,20,21). The summed E-state index contributed by atoms with van der Waals surface area (Å²) in [5.74, 6) is 0.855. The van der Waals surface area contributed by atoms with Crippen LogP contribution in [0.3, 0.4) is 0 Å². The number of ether oxygens (including phenoxy) is 2. The fourth-order valence-corrected chi connectivity index (χ4v) is 2.03. The van der Waals surface area contributed by atoms with E-state index in [-0.39, 0.29) is 5.91 Å². The maximum absolute atomic E-state index is 12.2. The molecule has 1 unspecified atom stereocenters. The van der Waals surface area contributed by atoms with E-state index in [1.807, 2.05) is 6.07 Å². The topological polar surface area (TPSA) is 47.6 Å². The van der Waals surface area contributed by atoms with Gasteiger partial charge in [0.2, 0.25) is 0 Å². The molecule has 23 heavy (non-hydrogen) atoms. The van der Waals surface area contributed by atoms with Crippen LogP contribution < -0.4 is 14.8 Å². The largest absolute Gasteiger partial charge is 0.489 e. The van der Waals surface area contributed by atoms with Crippen molar-refractivity contribution in [1.82, 2.24) is 0 Å². The molecule has 0 aliphatic rings. The number of carbonyl (C=O) groups excluding carboxylic acids is 1. The lowest BCUT2D eigenvalue weighted by Crippen LogP contribution is -2.30. The van der Waals surface area contributed by atoms with Gasteiger partial charge in [0, 0.05) is 11.8 Å². The molecule has 120 valence electrons. The van der Waals surface area contributed by atoms with E-state index in [9.17, 15) is 4.79 Å². The van der Waals surface area contributed by atoms with Gasteiger partial charge in [-0.3, -0.25) is 4.79 Å². The molecule has 2 rings (SSSR count). The van der Waals surface area contributed by atoms with Gasteiger partial charge in [0.1, 0.15) is 18.1 Å². The second-order valence-corrected chi connectivity index (χ2v) is 5.21. The Morgan fingerprint density at radius 2 is 2.09 bits per heavy atom. The summed E-state index contributed by atoms with van der Waals surface area (Å²) in [7, 11) is 0. The third-order valence-electron chi connectivity index (χ3n) is 2.98. The molecular weight excluding hydrogens is 314 g/mol. The van der Waals surface area contributed by atoms with Crippen LogP contribution in [0.2, 0.25) is 5.02 Å². The minimum absolute atomic E-state index is 0.272. The highest BCUT2D eigenvalue weighted by atomic mass is 35.5. The number of benzene rings is 2. The van der Waals surface area contributed by atoms with Crippen LogP contribution in [0.1, 0.15) is 6.92 Å². The highest BCUT2D eigenvalue weighted by Gasteiger charge is 2.16. The molecule has 1 atom stereocenters. The predicted molar refractivity (Wildman–Crippen MR) is 92.3 cm³/mol. The van der Waals surface area contributed by atoms with Crippen LogP contribution in [0.15, 0.2) is 61.2 Å². The Bertz CT molecular complexity index is 687. The first-order chi connectivity index (χ1) is 11.1. The summed E-state index contributed by atoms with van der Waals surface area (Å²) >= 11 is 6.02. The zero-order chi connectivity index (χ0) is 16.7. The van der Waals surface area contributed by atoms with Crippen molar-refractivity contribution in [3.05, 3.63) is 66.2 Å². The van der Waals surface area contributed by atoms with E-state index in [1.54, 1.807) is 55.5 Å². The number of rotatable bonds is 7. The molecule has 0 fully saturated rings. The molecule has 5 heteroatoms. The van der Waals surface area contributed by atoms with Crippen molar-refractivity contribution in [2.75, 3.05) is 11.9 Å². The minimum Gasteiger partial charge on any atom is -0.489 e. The number of halogens is 1. The molecule has 2 aromatic rings. The summed E-state index contributed by atoms with van der Waals surface area (Å²) in [6.07, 6.45) is 0.970. The second kappa shape index (κ2) is 8.25. The van der Waals surface area contributed by atoms with Crippen LogP contribution in [-0.2, 0) is 4.79 Å². The Balaban J connectivity index is 1.98. The summed E-state index contributed by atoms with van der Waals surface area (Å²) in [5.41, 5.74) is 0.631. The molecule has 0 spiro atoms. The zero-order valence-corrected chi connectivity index (χ0v) is 13.5. The number of hydrogen-bond acceptors (Lipinski definition) is 3. The molecule has 0 aliphatic carbocycles. The van der Waals surface area contributed by atoms with Crippen LogP contribution in [0, 0.1) is 0 Å². The lowest BCUT2D eigenvalue weighted by Gasteiger charge is -2.16. The van der Waals surface area contributed by atoms with Gasteiger partial charge in [-0.15, -0.1) is 0 Å². The summed E-state index contributed by atoms with van der Waals surface area (Å²) < 4.78 is 11.0. The Morgan fingerprint density at radius 3 is 2.83 bits per heavy atom. The van der Waals surface area contributed by atoms with Crippen molar-refractivity contribution < 1.29 is 14.3 Å². The van der Waals surface area contributed by atoms with Crippen LogP contribution in [0.4, 0.5) is 5.69 Å². The van der Waals surface area contributed by atoms with Crippen molar-refractivity contribution in [2.24, 2.45) is 0 Å². The van der Waals surface area contributed by atoms with E-state index in [4.69, 9.17) is 21.1 Å². The van der Waals surface area contributed by atoms with E-state index in [2.05, 4.69) is 11.9 Å². The van der Waals surface area contributed by atoms with E-state index in [0.29, 0.717) is 28.8 Å². The number of anilines is 1. The molecule has 0 aliphatic heterocycles. The van der Waals surface area contributed by atoms with Gasteiger partial charge in [-0.1, -0.05) is 42.5 Å². The summed E-state index contributed by atoms with van der Waals surface area (Å²) in [6, 6.07) is 14.2. The Labute approximate surface area is 140 Å². The van der Waals surface area contributed by atoms with Gasteiger partial charge in [-0.25, -0.2) is 0 Å². The molecule has 1 N–H and O–H groups in total. The van der Waals surface area contributed by atoms with E-state index < -0.39 is 6.10 Å². The molecule has 0 bridgehead atoms. The molecule has 0 heterocycles. The van der Waals surface area contributed by atoms with Gasteiger partial charge in [0.15, 0.2) is 6.10 Å². The Morgan fingerprint density at radius 1 is 1.30 bits per heavy atom. The first-order valence-electron chi connectivity index (χ1n) is 7.16. The molecule has 0 aromatic heterocycles. The Kier molecular flexibility index (Phi) is 6.06. The van der Waals surface area contributed by atoms with Crippen LogP contribution in [0.5, 0.6) is 11.5 Å². The fraction of sp³-hybridized carbons (Fsp3) is 0.167. The number of nitrogens with one attached hydrogen (secondary N) is 1. The molecule has 0 saturated heterocycles. The summed E-state index contributed by atoms with van der Waals surface area (Å²) in [6.45, 7) is 5.66. The number of amides is 1. The first kappa shape index (κ1) is 16.9. The monoisotopic (exact) mass is 331 g/mol. The number of hydrogen-bond donors (Lipinski definition) is 1. The quantitative estimate of drug-likeness (QED) is 0.769. The Hall–Kier alpha value is -2.46. The fourth-order valence-electron chi connectivity index (χ4n) is 1.85. The maximum Gasteiger partial charge on any atom is 0.265 e. The van der Waals surface area contributed by atoms with Gasteiger partial charge in [0.25, 0.3) is 5.91 Å². The minimum atomic E-state index is -0.687. The predicted octanol–water partition coefficient (Wildman–Crippen LogP) is 4.31. The zero-order valence-electron chi connectivity index (χ0n) is 12.8. The average Bonchev–Trinajstić information content (AvgIpc) is 2.55. The van der Waals surface area contributed by atoms with Crippen LogP contribution in [-0.4, -0.2) is 18.6 Å². The van der Waals surface area contributed by atoms with Crippen molar-refractivity contribution in [3.8, 4) is 11.5 Å². The molecule has 1 amide bonds. The van der Waals surface area contributed by atoms with Crippen LogP contribution in [0.25, 0.3) is 0 Å². The van der Waals surface area contributed by atoms with Crippen molar-refractivity contribution >= 4 is 23.2 Å². The van der Waals surface area contributed by atoms with Crippen molar-refractivity contribution in [1.29, 1.82) is 0 Å². The average molecular weight is 332 g/mol. The second-order valence-electron chi connectivity index (χ2n) is 4.81. The maximum atomic E-state index is 12.2. The van der Waals surface area contributed by atoms with Gasteiger partial charge < -0.3 is 14.8 Å². The molecule has 0 saturated carbocycles. The van der Waals surface area contributed by atoms with Crippen molar-refractivity contribution in [3.63, 3.8) is 0 Å². The highest BCUT2D eigenvalue weighted by Crippen LogP contribution is 2.24. The van der Waals surface area contributed by atoms with Crippen molar-refractivity contribution in [2.45, 2.75) is 13.0 Å². The molecular formula is C18H18ClNO3. The highest BCUT2D eigenvalue weighted by molar-refractivity contribution is 6.32. The van der Waals surface area contributed by atoms with E-state index in [1.165, 1.54) is 0 Å². The summed E-state index contributed by atoms with van der Waals surface area (Å²) in [5, 5.41) is 3.25. The SMILES string of the molecule is C=CCOc1cccc(NC(=O)C(C)Oc2ccccc2Cl)c1. The smallest absolute Gasteiger partial charge is 0.265 e. The third kappa shape index (κ3) is 5.04. The lowest BCUT2D eigenvalue weighted by atomic mass is 10.2.